The lowest BCUT2D eigenvalue weighted by Gasteiger charge is -2.39. The third-order valence-corrected chi connectivity index (χ3v) is 17.0. The Morgan fingerprint density at radius 2 is 1.66 bits per heavy atom. The average molecular weight is 711 g/mol. The van der Waals surface area contributed by atoms with Crippen molar-refractivity contribution in [1.29, 1.82) is 0 Å². The molecule has 4 rings (SSSR count). The first-order valence-corrected chi connectivity index (χ1v) is 22.6. The molecule has 11 atom stereocenters. The summed E-state index contributed by atoms with van der Waals surface area (Å²) in [7, 11) is -0.371. The summed E-state index contributed by atoms with van der Waals surface area (Å²) < 4.78 is 32.5. The Bertz CT molecular complexity index is 1260. The number of carbonyl (C=O) groups excluding carboxylic acids is 1. The maximum atomic E-state index is 13.6. The molecule has 0 aromatic heterocycles. The standard InChI is InChI=1S/C43H70O6Si/c1-13-14-20-34-25-30(4)36(47-34)22-21-35-24-29(3)31(5)38(48-35)26-39-40(41(42(44)45-10)33-18-16-15-17-19-33)32(6)37(49-39)23-28(2)27-46-50(11,12)43(7,8)9/h15-19,28-29,32,34-41H,4-5,13-14,20-27H2,1-3,6-12H3/t28-,29+,32-,34-,35-,36-,37+,38+,39-,40+,41?/m0/s1. The number of carbonyl (C=O) groups is 1. The SMILES string of the molecule is C=C1C[C@H](CCCC)O[C@H]1CC[C@H]1C[C@@H](C)C(=C)[C@@H](C[C@@H]2O[C@H](C[C@H](C)CO[Si](C)(C)C(C)(C)C)[C@H](C)[C@H]2C(C(=O)OC)c2ccccc2)O1. The Morgan fingerprint density at radius 3 is 2.30 bits per heavy atom. The highest BCUT2D eigenvalue weighted by molar-refractivity contribution is 6.74. The minimum Gasteiger partial charge on any atom is -0.469 e. The molecular formula is C43H70O6Si. The van der Waals surface area contributed by atoms with Crippen LogP contribution < -0.4 is 0 Å². The summed E-state index contributed by atoms with van der Waals surface area (Å²) in [5.41, 5.74) is 3.34. The molecule has 282 valence electrons. The maximum absolute atomic E-state index is 13.6. The van der Waals surface area contributed by atoms with Gasteiger partial charge in [0.2, 0.25) is 0 Å². The number of esters is 1. The minimum atomic E-state index is -1.87. The van der Waals surface area contributed by atoms with Crippen LogP contribution in [0.1, 0.15) is 118 Å². The molecule has 1 unspecified atom stereocenters. The first kappa shape index (κ1) is 41.0. The van der Waals surface area contributed by atoms with Crippen molar-refractivity contribution in [3.63, 3.8) is 0 Å². The Labute approximate surface area is 306 Å². The van der Waals surface area contributed by atoms with Crippen molar-refractivity contribution < 1.29 is 28.2 Å². The molecule has 0 bridgehead atoms. The van der Waals surface area contributed by atoms with Crippen LogP contribution >= 0.6 is 0 Å². The summed E-state index contributed by atoms with van der Waals surface area (Å²) in [5, 5.41) is 0.163. The van der Waals surface area contributed by atoms with Crippen molar-refractivity contribution in [2.75, 3.05) is 13.7 Å². The second kappa shape index (κ2) is 17.8. The van der Waals surface area contributed by atoms with Crippen LogP contribution in [0, 0.1) is 23.7 Å². The van der Waals surface area contributed by atoms with E-state index in [9.17, 15) is 4.79 Å². The van der Waals surface area contributed by atoms with Crippen molar-refractivity contribution in [1.82, 2.24) is 0 Å². The summed E-state index contributed by atoms with van der Waals surface area (Å²) in [6.45, 7) is 30.2. The van der Waals surface area contributed by atoms with E-state index in [2.05, 4.69) is 74.7 Å². The quantitative estimate of drug-likeness (QED) is 0.0967. The molecule has 0 radical (unpaired) electrons. The normalized spacial score (nSPS) is 31.9. The van der Waals surface area contributed by atoms with Gasteiger partial charge in [-0.3, -0.25) is 4.79 Å². The molecule has 3 heterocycles. The number of rotatable bonds is 16. The predicted molar refractivity (Wildman–Crippen MR) is 207 cm³/mol. The van der Waals surface area contributed by atoms with Crippen LogP contribution in [0.2, 0.25) is 18.1 Å². The zero-order chi connectivity index (χ0) is 36.8. The van der Waals surface area contributed by atoms with E-state index in [-0.39, 0.29) is 53.4 Å². The van der Waals surface area contributed by atoms with Gasteiger partial charge in [0, 0.05) is 18.9 Å². The summed E-state index contributed by atoms with van der Waals surface area (Å²) in [6.07, 6.45) is 9.11. The van der Waals surface area contributed by atoms with Crippen LogP contribution in [0.5, 0.6) is 0 Å². The van der Waals surface area contributed by atoms with Crippen molar-refractivity contribution >= 4 is 14.3 Å². The fourth-order valence-electron chi connectivity index (χ4n) is 8.22. The van der Waals surface area contributed by atoms with Crippen LogP contribution in [0.15, 0.2) is 54.6 Å². The van der Waals surface area contributed by atoms with E-state index in [0.717, 1.165) is 56.3 Å². The lowest BCUT2D eigenvalue weighted by atomic mass is 9.72. The van der Waals surface area contributed by atoms with Gasteiger partial charge < -0.3 is 23.4 Å². The molecule has 0 N–H and O–H groups in total. The van der Waals surface area contributed by atoms with Gasteiger partial charge in [0.25, 0.3) is 0 Å². The molecule has 0 spiro atoms. The highest BCUT2D eigenvalue weighted by Crippen LogP contribution is 2.48. The zero-order valence-corrected chi connectivity index (χ0v) is 34.2. The Kier molecular flexibility index (Phi) is 14.6. The van der Waals surface area contributed by atoms with Crippen LogP contribution in [0.3, 0.4) is 0 Å². The van der Waals surface area contributed by atoms with Crippen LogP contribution in [-0.2, 0) is 28.2 Å². The molecule has 3 saturated heterocycles. The fourth-order valence-corrected chi connectivity index (χ4v) is 9.35. The summed E-state index contributed by atoms with van der Waals surface area (Å²) in [4.78, 5) is 13.6. The van der Waals surface area contributed by atoms with Crippen LogP contribution in [0.4, 0.5) is 0 Å². The van der Waals surface area contributed by atoms with Gasteiger partial charge >= 0.3 is 5.97 Å². The molecule has 0 amide bonds. The Balaban J connectivity index is 1.51. The summed E-state index contributed by atoms with van der Waals surface area (Å²) >= 11 is 0. The fraction of sp³-hybridized carbons (Fsp3) is 0.744. The highest BCUT2D eigenvalue weighted by atomic mass is 28.4. The van der Waals surface area contributed by atoms with Crippen molar-refractivity contribution in [2.24, 2.45) is 23.7 Å². The van der Waals surface area contributed by atoms with Gasteiger partial charge in [-0.2, -0.15) is 0 Å². The highest BCUT2D eigenvalue weighted by Gasteiger charge is 2.50. The first-order valence-electron chi connectivity index (χ1n) is 19.7. The van der Waals surface area contributed by atoms with Gasteiger partial charge in [-0.1, -0.05) is 105 Å². The van der Waals surface area contributed by atoms with Gasteiger partial charge in [-0.05, 0) is 91.1 Å². The molecule has 7 heteroatoms. The number of hydrogen-bond donors (Lipinski definition) is 0. The number of benzene rings is 1. The van der Waals surface area contributed by atoms with Crippen LogP contribution in [-0.4, -0.2) is 64.6 Å². The van der Waals surface area contributed by atoms with E-state index in [1.165, 1.54) is 25.5 Å². The first-order chi connectivity index (χ1) is 23.6. The Morgan fingerprint density at radius 1 is 0.980 bits per heavy atom. The van der Waals surface area contributed by atoms with E-state index in [1.807, 2.05) is 30.3 Å². The zero-order valence-electron chi connectivity index (χ0n) is 33.2. The van der Waals surface area contributed by atoms with Crippen molar-refractivity contribution in [3.05, 3.63) is 60.2 Å². The minimum absolute atomic E-state index is 0.00450. The number of ether oxygens (including phenoxy) is 4. The maximum Gasteiger partial charge on any atom is 0.313 e. The molecule has 3 fully saturated rings. The van der Waals surface area contributed by atoms with Gasteiger partial charge in [0.05, 0.1) is 49.7 Å². The monoisotopic (exact) mass is 710 g/mol. The molecule has 6 nitrogen and oxygen atoms in total. The number of methoxy groups -OCH3 is 1. The van der Waals surface area contributed by atoms with Gasteiger partial charge in [0.1, 0.15) is 0 Å². The number of unbranched alkanes of at least 4 members (excludes halogenated alkanes) is 1. The lowest BCUT2D eigenvalue weighted by molar-refractivity contribution is -0.145. The van der Waals surface area contributed by atoms with Crippen molar-refractivity contribution in [3.8, 4) is 0 Å². The van der Waals surface area contributed by atoms with E-state index in [4.69, 9.17) is 23.4 Å². The second-order valence-corrected chi connectivity index (χ2v) is 22.3. The molecule has 1 aromatic carbocycles. The largest absolute Gasteiger partial charge is 0.469 e. The van der Waals surface area contributed by atoms with Crippen molar-refractivity contribution in [2.45, 2.75) is 167 Å². The molecule has 1 aromatic rings. The summed E-state index contributed by atoms with van der Waals surface area (Å²) in [5.74, 6) is 0.0988. The molecule has 0 saturated carbocycles. The van der Waals surface area contributed by atoms with E-state index in [0.29, 0.717) is 24.4 Å². The third-order valence-electron chi connectivity index (χ3n) is 12.5. The molecule has 50 heavy (non-hydrogen) atoms. The topological polar surface area (TPSA) is 63.2 Å². The van der Waals surface area contributed by atoms with E-state index >= 15 is 0 Å². The van der Waals surface area contributed by atoms with Crippen LogP contribution in [0.25, 0.3) is 0 Å². The second-order valence-electron chi connectivity index (χ2n) is 17.5. The molecule has 3 aliphatic rings. The van der Waals surface area contributed by atoms with E-state index < -0.39 is 14.2 Å². The number of hydrogen-bond acceptors (Lipinski definition) is 6. The molecule has 3 aliphatic heterocycles. The summed E-state index contributed by atoms with van der Waals surface area (Å²) in [6, 6.07) is 10.1. The lowest BCUT2D eigenvalue weighted by Crippen LogP contribution is -2.42. The van der Waals surface area contributed by atoms with Gasteiger partial charge in [0.15, 0.2) is 8.32 Å². The Hall–Kier alpha value is -1.77. The molecular weight excluding hydrogens is 641 g/mol. The molecule has 0 aliphatic carbocycles. The average Bonchev–Trinajstić information content (AvgIpc) is 3.57. The van der Waals surface area contributed by atoms with Gasteiger partial charge in [-0.15, -0.1) is 0 Å². The van der Waals surface area contributed by atoms with E-state index in [1.54, 1.807) is 0 Å². The predicted octanol–water partition coefficient (Wildman–Crippen LogP) is 10.4. The third kappa shape index (κ3) is 10.2. The van der Waals surface area contributed by atoms with Gasteiger partial charge in [-0.25, -0.2) is 0 Å². The smallest absolute Gasteiger partial charge is 0.313 e.